The zero-order chi connectivity index (χ0) is 16.1. The number of anilines is 1. The zero-order valence-electron chi connectivity index (χ0n) is 14.3. The third-order valence-electron chi connectivity index (χ3n) is 4.83. The summed E-state index contributed by atoms with van der Waals surface area (Å²) >= 11 is 0. The first-order valence-corrected chi connectivity index (χ1v) is 8.81. The Morgan fingerprint density at radius 3 is 2.61 bits per heavy atom. The first-order chi connectivity index (χ1) is 11.3. The molecule has 0 bridgehead atoms. The number of nitrogens with zero attached hydrogens (tertiary/aromatic N) is 3. The van der Waals surface area contributed by atoms with Crippen molar-refractivity contribution in [3.8, 4) is 0 Å². The Bertz CT molecular complexity index is 607. The highest BCUT2D eigenvalue weighted by molar-refractivity contribution is 5.48. The summed E-state index contributed by atoms with van der Waals surface area (Å²) in [5.74, 6) is 1.17. The van der Waals surface area contributed by atoms with E-state index in [1.165, 1.54) is 36.3 Å². The van der Waals surface area contributed by atoms with Crippen LogP contribution in [0.5, 0.6) is 0 Å². The highest BCUT2D eigenvalue weighted by atomic mass is 15.2. The molecule has 2 aromatic rings. The van der Waals surface area contributed by atoms with Gasteiger partial charge in [0.25, 0.3) is 0 Å². The predicted molar refractivity (Wildman–Crippen MR) is 96.6 cm³/mol. The van der Waals surface area contributed by atoms with Crippen LogP contribution >= 0.6 is 0 Å². The lowest BCUT2D eigenvalue weighted by Crippen LogP contribution is -2.28. The molecule has 0 spiro atoms. The molecule has 0 amide bonds. The summed E-state index contributed by atoms with van der Waals surface area (Å²) in [4.78, 5) is 9.69. The van der Waals surface area contributed by atoms with E-state index in [0.717, 1.165) is 19.6 Å². The Balaban J connectivity index is 1.85. The minimum Gasteiger partial charge on any atom is -0.357 e. The Morgan fingerprint density at radius 1 is 1.09 bits per heavy atom. The van der Waals surface area contributed by atoms with E-state index in [-0.39, 0.29) is 0 Å². The van der Waals surface area contributed by atoms with Crippen molar-refractivity contribution < 1.29 is 0 Å². The zero-order valence-corrected chi connectivity index (χ0v) is 14.3. The van der Waals surface area contributed by atoms with Gasteiger partial charge in [0.2, 0.25) is 0 Å². The maximum absolute atomic E-state index is 4.71. The van der Waals surface area contributed by atoms with Crippen LogP contribution in [0.1, 0.15) is 43.9 Å². The number of likely N-dealkylation sites (tertiary alicyclic amines) is 1. The highest BCUT2D eigenvalue weighted by Crippen LogP contribution is 2.37. The Kier molecular flexibility index (Phi) is 5.29. The van der Waals surface area contributed by atoms with Gasteiger partial charge in [-0.3, -0.25) is 4.90 Å². The van der Waals surface area contributed by atoms with Crippen LogP contribution in [0.2, 0.25) is 0 Å². The molecule has 122 valence electrons. The topological polar surface area (TPSA) is 19.4 Å². The second-order valence-corrected chi connectivity index (χ2v) is 6.20. The molecule has 1 aliphatic rings. The molecule has 1 aliphatic heterocycles. The molecule has 1 aromatic heterocycles. The van der Waals surface area contributed by atoms with Crippen molar-refractivity contribution in [3.63, 3.8) is 0 Å². The quantitative estimate of drug-likeness (QED) is 0.794. The molecule has 1 saturated heterocycles. The minimum atomic E-state index is 0.486. The van der Waals surface area contributed by atoms with Crippen LogP contribution in [0, 0.1) is 0 Å². The summed E-state index contributed by atoms with van der Waals surface area (Å²) in [6.45, 7) is 8.62. The van der Waals surface area contributed by atoms with Crippen LogP contribution in [-0.4, -0.2) is 29.5 Å². The van der Waals surface area contributed by atoms with E-state index in [1.807, 2.05) is 6.20 Å². The largest absolute Gasteiger partial charge is 0.357 e. The fourth-order valence-corrected chi connectivity index (χ4v) is 3.64. The Labute approximate surface area is 140 Å². The molecule has 1 fully saturated rings. The van der Waals surface area contributed by atoms with Crippen molar-refractivity contribution in [1.82, 2.24) is 9.88 Å². The van der Waals surface area contributed by atoms with Gasteiger partial charge in [0.1, 0.15) is 5.82 Å². The third-order valence-corrected chi connectivity index (χ3v) is 4.83. The maximum atomic E-state index is 4.71. The average molecular weight is 309 g/mol. The van der Waals surface area contributed by atoms with Crippen molar-refractivity contribution in [3.05, 3.63) is 59.8 Å². The summed E-state index contributed by atoms with van der Waals surface area (Å²) in [6, 6.07) is 15.6. The van der Waals surface area contributed by atoms with Crippen molar-refractivity contribution in [2.24, 2.45) is 0 Å². The molecule has 3 nitrogen and oxygen atoms in total. The van der Waals surface area contributed by atoms with Crippen LogP contribution in [-0.2, 0) is 6.54 Å². The van der Waals surface area contributed by atoms with Crippen LogP contribution < -0.4 is 4.90 Å². The Hall–Kier alpha value is -1.87. The molecule has 0 unspecified atom stereocenters. The van der Waals surface area contributed by atoms with Gasteiger partial charge in [-0.05, 0) is 44.9 Å². The number of aromatic nitrogens is 1. The van der Waals surface area contributed by atoms with Gasteiger partial charge in [-0.25, -0.2) is 4.98 Å². The number of hydrogen-bond donors (Lipinski definition) is 0. The molecule has 0 radical (unpaired) electrons. The fraction of sp³-hybridized carbons (Fsp3) is 0.450. The fourth-order valence-electron chi connectivity index (χ4n) is 3.64. The standard InChI is InChI=1S/C20H27N3/c1-3-22(4-2)20-18(12-8-14-21-20)19-13-9-15-23(19)16-17-10-6-5-7-11-17/h5-8,10-12,14,19H,3-4,9,13,15-16H2,1-2H3/t19-/m0/s1. The van der Waals surface area contributed by atoms with E-state index in [1.54, 1.807) is 0 Å². The Morgan fingerprint density at radius 2 is 1.87 bits per heavy atom. The van der Waals surface area contributed by atoms with Gasteiger partial charge in [-0.15, -0.1) is 0 Å². The lowest BCUT2D eigenvalue weighted by atomic mass is 10.0. The van der Waals surface area contributed by atoms with E-state index in [4.69, 9.17) is 4.98 Å². The average Bonchev–Trinajstić information content (AvgIpc) is 3.05. The number of rotatable bonds is 6. The van der Waals surface area contributed by atoms with Crippen LogP contribution in [0.3, 0.4) is 0 Å². The minimum absolute atomic E-state index is 0.486. The van der Waals surface area contributed by atoms with E-state index >= 15 is 0 Å². The van der Waals surface area contributed by atoms with Gasteiger partial charge in [-0.2, -0.15) is 0 Å². The van der Waals surface area contributed by atoms with Crippen molar-refractivity contribution in [1.29, 1.82) is 0 Å². The number of benzene rings is 1. The van der Waals surface area contributed by atoms with Gasteiger partial charge in [-0.1, -0.05) is 36.4 Å². The van der Waals surface area contributed by atoms with Crippen molar-refractivity contribution in [2.75, 3.05) is 24.5 Å². The summed E-state index contributed by atoms with van der Waals surface area (Å²) in [5.41, 5.74) is 2.79. The second kappa shape index (κ2) is 7.60. The first-order valence-electron chi connectivity index (χ1n) is 8.81. The van der Waals surface area contributed by atoms with Crippen LogP contribution in [0.4, 0.5) is 5.82 Å². The maximum Gasteiger partial charge on any atom is 0.133 e. The predicted octanol–water partition coefficient (Wildman–Crippen LogP) is 4.26. The monoisotopic (exact) mass is 309 g/mol. The molecule has 0 N–H and O–H groups in total. The number of pyridine rings is 1. The lowest BCUT2D eigenvalue weighted by Gasteiger charge is -2.29. The summed E-state index contributed by atoms with van der Waals surface area (Å²) in [7, 11) is 0. The van der Waals surface area contributed by atoms with E-state index in [9.17, 15) is 0 Å². The SMILES string of the molecule is CCN(CC)c1ncccc1[C@@H]1CCCN1Cc1ccccc1. The van der Waals surface area contributed by atoms with Crippen LogP contribution in [0.15, 0.2) is 48.7 Å². The van der Waals surface area contributed by atoms with E-state index < -0.39 is 0 Å². The third kappa shape index (κ3) is 3.56. The lowest BCUT2D eigenvalue weighted by molar-refractivity contribution is 0.248. The van der Waals surface area contributed by atoms with Crippen molar-refractivity contribution in [2.45, 2.75) is 39.3 Å². The number of hydrogen-bond acceptors (Lipinski definition) is 3. The molecular weight excluding hydrogens is 282 g/mol. The molecule has 0 saturated carbocycles. The van der Waals surface area contributed by atoms with Gasteiger partial charge >= 0.3 is 0 Å². The molecule has 2 heterocycles. The summed E-state index contributed by atoms with van der Waals surface area (Å²) < 4.78 is 0. The molecule has 1 aromatic carbocycles. The normalized spacial score (nSPS) is 18.3. The van der Waals surface area contributed by atoms with Gasteiger partial charge < -0.3 is 4.90 Å². The van der Waals surface area contributed by atoms with Crippen molar-refractivity contribution >= 4 is 5.82 Å². The second-order valence-electron chi connectivity index (χ2n) is 6.20. The highest BCUT2D eigenvalue weighted by Gasteiger charge is 2.29. The van der Waals surface area contributed by atoms with Gasteiger partial charge in [0.05, 0.1) is 0 Å². The summed E-state index contributed by atoms with van der Waals surface area (Å²) in [6.07, 6.45) is 4.42. The molecule has 23 heavy (non-hydrogen) atoms. The molecular formula is C20H27N3. The molecule has 3 heteroatoms. The molecule has 3 rings (SSSR count). The molecule has 1 atom stereocenters. The van der Waals surface area contributed by atoms with E-state index in [0.29, 0.717) is 6.04 Å². The van der Waals surface area contributed by atoms with Crippen LogP contribution in [0.25, 0.3) is 0 Å². The molecule has 0 aliphatic carbocycles. The van der Waals surface area contributed by atoms with Gasteiger partial charge in [0, 0.05) is 37.4 Å². The first kappa shape index (κ1) is 16.0. The van der Waals surface area contributed by atoms with E-state index in [2.05, 4.69) is 66.1 Å². The summed E-state index contributed by atoms with van der Waals surface area (Å²) in [5, 5.41) is 0. The smallest absolute Gasteiger partial charge is 0.133 e. The van der Waals surface area contributed by atoms with Gasteiger partial charge in [0.15, 0.2) is 0 Å².